The molecule has 156 valence electrons. The molecule has 1 heterocycles. The molecule has 3 aromatic rings. The van der Waals surface area contributed by atoms with E-state index in [-0.39, 0.29) is 16.9 Å². The van der Waals surface area contributed by atoms with Crippen LogP contribution >= 0.6 is 0 Å². The minimum atomic E-state index is -0.872. The van der Waals surface area contributed by atoms with Crippen molar-refractivity contribution in [2.75, 3.05) is 12.0 Å². The molecule has 31 heavy (non-hydrogen) atoms. The third-order valence-corrected chi connectivity index (χ3v) is 5.28. The van der Waals surface area contributed by atoms with E-state index in [0.717, 1.165) is 5.56 Å². The third kappa shape index (κ3) is 3.68. The summed E-state index contributed by atoms with van der Waals surface area (Å²) in [4.78, 5) is 27.5. The molecule has 0 aliphatic carbocycles. The number of rotatable bonds is 4. The fourth-order valence-corrected chi connectivity index (χ4v) is 3.69. The van der Waals surface area contributed by atoms with Crippen molar-refractivity contribution in [3.8, 4) is 5.75 Å². The molecule has 1 aliphatic heterocycles. The van der Waals surface area contributed by atoms with Crippen molar-refractivity contribution in [2.45, 2.75) is 13.0 Å². The van der Waals surface area contributed by atoms with Crippen LogP contribution < -0.4 is 9.64 Å². The number of aliphatic hydroxyl groups is 1. The Bertz CT molecular complexity index is 1180. The van der Waals surface area contributed by atoms with Crippen molar-refractivity contribution in [3.63, 3.8) is 0 Å². The lowest BCUT2D eigenvalue weighted by atomic mass is 9.95. The number of Topliss-reactive ketones (excluding diaryl/α,β-unsaturated/α-hetero) is 1. The summed E-state index contributed by atoms with van der Waals surface area (Å²) >= 11 is 0. The van der Waals surface area contributed by atoms with Gasteiger partial charge in [-0.05, 0) is 61.0 Å². The van der Waals surface area contributed by atoms with Gasteiger partial charge in [0.05, 0.1) is 18.7 Å². The van der Waals surface area contributed by atoms with Crippen molar-refractivity contribution in [3.05, 3.63) is 101 Å². The second-order valence-electron chi connectivity index (χ2n) is 7.29. The molecule has 4 rings (SSSR count). The number of anilines is 1. The van der Waals surface area contributed by atoms with Gasteiger partial charge in [0, 0.05) is 11.3 Å². The number of nitrogens with zero attached hydrogens (tertiary/aromatic N) is 1. The van der Waals surface area contributed by atoms with Crippen molar-refractivity contribution < 1.29 is 23.8 Å². The van der Waals surface area contributed by atoms with E-state index in [2.05, 4.69) is 0 Å². The molecule has 1 fully saturated rings. The lowest BCUT2D eigenvalue weighted by Gasteiger charge is -2.25. The van der Waals surface area contributed by atoms with Gasteiger partial charge in [-0.15, -0.1) is 0 Å². The number of hydrogen-bond acceptors (Lipinski definition) is 4. The second-order valence-corrected chi connectivity index (χ2v) is 7.29. The number of benzene rings is 3. The van der Waals surface area contributed by atoms with E-state index < -0.39 is 23.5 Å². The number of aryl methyl sites for hydroxylation is 1. The molecule has 1 aliphatic rings. The maximum atomic E-state index is 13.4. The van der Waals surface area contributed by atoms with E-state index in [1.807, 2.05) is 19.1 Å². The van der Waals surface area contributed by atoms with Crippen molar-refractivity contribution in [1.29, 1.82) is 0 Å². The first kappa shape index (κ1) is 20.3. The van der Waals surface area contributed by atoms with E-state index in [9.17, 15) is 19.1 Å². The average molecular weight is 417 g/mol. The average Bonchev–Trinajstić information content (AvgIpc) is 3.05. The summed E-state index contributed by atoms with van der Waals surface area (Å²) in [5.41, 5.74) is 2.31. The SMILES string of the molecule is COc1cccc(C2/C(=C(/O)c3ccc(F)cc3)C(=O)C(=O)N2c2ccc(C)cc2)c1. The fraction of sp³-hybridized carbons (Fsp3) is 0.120. The Balaban J connectivity index is 1.94. The highest BCUT2D eigenvalue weighted by Gasteiger charge is 2.47. The van der Waals surface area contributed by atoms with E-state index in [4.69, 9.17) is 4.74 Å². The smallest absolute Gasteiger partial charge is 0.300 e. The van der Waals surface area contributed by atoms with Gasteiger partial charge in [-0.1, -0.05) is 29.8 Å². The molecule has 1 atom stereocenters. The summed E-state index contributed by atoms with van der Waals surface area (Å²) in [5, 5.41) is 11.0. The Morgan fingerprint density at radius 2 is 1.68 bits per heavy atom. The standard InChI is InChI=1S/C25H20FNO4/c1-15-6-12-19(13-7-15)27-22(17-4-3-5-20(14-17)31-2)21(24(29)25(27)30)23(28)16-8-10-18(26)11-9-16/h3-14,22,28H,1-2H3/b23-21-. The Morgan fingerprint density at radius 3 is 2.32 bits per heavy atom. The topological polar surface area (TPSA) is 66.8 Å². The van der Waals surface area contributed by atoms with Crippen molar-refractivity contribution in [2.24, 2.45) is 0 Å². The van der Waals surface area contributed by atoms with Crippen LogP contribution in [0.2, 0.25) is 0 Å². The number of methoxy groups -OCH3 is 1. The quantitative estimate of drug-likeness (QED) is 0.377. The summed E-state index contributed by atoms with van der Waals surface area (Å²) in [5.74, 6) is -1.84. The molecule has 0 bridgehead atoms. The van der Waals surface area contributed by atoms with Crippen LogP contribution in [0.15, 0.2) is 78.4 Å². The summed E-state index contributed by atoms with van der Waals surface area (Å²) in [7, 11) is 1.52. The minimum Gasteiger partial charge on any atom is -0.507 e. The van der Waals surface area contributed by atoms with Crippen LogP contribution in [-0.2, 0) is 9.59 Å². The maximum Gasteiger partial charge on any atom is 0.300 e. The van der Waals surface area contributed by atoms with Gasteiger partial charge >= 0.3 is 0 Å². The largest absolute Gasteiger partial charge is 0.507 e. The zero-order chi connectivity index (χ0) is 22.1. The highest BCUT2D eigenvalue weighted by atomic mass is 19.1. The molecule has 0 spiro atoms. The Labute approximate surface area is 179 Å². The van der Waals surface area contributed by atoms with Crippen LogP contribution in [-0.4, -0.2) is 23.9 Å². The summed E-state index contributed by atoms with van der Waals surface area (Å²) < 4.78 is 18.7. The van der Waals surface area contributed by atoms with Gasteiger partial charge in [-0.25, -0.2) is 4.39 Å². The normalized spacial score (nSPS) is 17.8. The zero-order valence-electron chi connectivity index (χ0n) is 17.0. The fourth-order valence-electron chi connectivity index (χ4n) is 3.69. The Morgan fingerprint density at radius 1 is 1.00 bits per heavy atom. The lowest BCUT2D eigenvalue weighted by Crippen LogP contribution is -2.29. The molecule has 0 saturated carbocycles. The number of aliphatic hydroxyl groups excluding tert-OH is 1. The number of halogens is 1. The first-order chi connectivity index (χ1) is 14.9. The lowest BCUT2D eigenvalue weighted by molar-refractivity contribution is -0.132. The molecular formula is C25H20FNO4. The third-order valence-electron chi connectivity index (χ3n) is 5.28. The van der Waals surface area contributed by atoms with E-state index >= 15 is 0 Å². The van der Waals surface area contributed by atoms with E-state index in [1.54, 1.807) is 36.4 Å². The van der Waals surface area contributed by atoms with Gasteiger partial charge in [0.15, 0.2) is 0 Å². The molecule has 5 nitrogen and oxygen atoms in total. The molecule has 1 unspecified atom stereocenters. The highest BCUT2D eigenvalue weighted by molar-refractivity contribution is 6.51. The molecule has 3 aromatic carbocycles. The van der Waals surface area contributed by atoms with Gasteiger partial charge in [0.25, 0.3) is 11.7 Å². The number of hydrogen-bond donors (Lipinski definition) is 1. The molecule has 1 saturated heterocycles. The van der Waals surface area contributed by atoms with E-state index in [0.29, 0.717) is 17.0 Å². The van der Waals surface area contributed by atoms with Crippen molar-refractivity contribution in [1.82, 2.24) is 0 Å². The maximum absolute atomic E-state index is 13.4. The van der Waals surface area contributed by atoms with Crippen LogP contribution in [0.25, 0.3) is 5.76 Å². The van der Waals surface area contributed by atoms with Crippen molar-refractivity contribution >= 4 is 23.1 Å². The first-order valence-corrected chi connectivity index (χ1v) is 9.68. The first-order valence-electron chi connectivity index (χ1n) is 9.68. The molecule has 0 aromatic heterocycles. The van der Waals surface area contributed by atoms with Gasteiger partial charge in [0.2, 0.25) is 0 Å². The highest BCUT2D eigenvalue weighted by Crippen LogP contribution is 2.42. The number of ketones is 1. The van der Waals surface area contributed by atoms with Crippen LogP contribution in [0.4, 0.5) is 10.1 Å². The van der Waals surface area contributed by atoms with Crippen LogP contribution in [0.3, 0.4) is 0 Å². The monoisotopic (exact) mass is 417 g/mol. The predicted octanol–water partition coefficient (Wildman–Crippen LogP) is 4.77. The number of carbonyl (C=O) groups is 2. The van der Waals surface area contributed by atoms with Crippen LogP contribution in [0, 0.1) is 12.7 Å². The molecular weight excluding hydrogens is 397 g/mol. The summed E-state index contributed by atoms with van der Waals surface area (Å²) in [6, 6.07) is 18.4. The van der Waals surface area contributed by atoms with E-state index in [1.165, 1.54) is 36.3 Å². The van der Waals surface area contributed by atoms with Crippen LogP contribution in [0.1, 0.15) is 22.7 Å². The molecule has 6 heteroatoms. The number of carbonyl (C=O) groups excluding carboxylic acids is 2. The summed E-state index contributed by atoms with van der Waals surface area (Å²) in [6.45, 7) is 1.92. The molecule has 1 amide bonds. The molecule has 1 N–H and O–H groups in total. The number of amides is 1. The number of ether oxygens (including phenoxy) is 1. The minimum absolute atomic E-state index is 0.0644. The zero-order valence-corrected chi connectivity index (χ0v) is 17.0. The van der Waals surface area contributed by atoms with Gasteiger partial charge in [-0.2, -0.15) is 0 Å². The Hall–Kier alpha value is -3.93. The predicted molar refractivity (Wildman–Crippen MR) is 115 cm³/mol. The van der Waals surface area contributed by atoms with Gasteiger partial charge < -0.3 is 9.84 Å². The second kappa shape index (κ2) is 8.07. The summed E-state index contributed by atoms with van der Waals surface area (Å²) in [6.07, 6.45) is 0. The Kier molecular flexibility index (Phi) is 5.29. The van der Waals surface area contributed by atoms with Crippen LogP contribution in [0.5, 0.6) is 5.75 Å². The van der Waals surface area contributed by atoms with Gasteiger partial charge in [0.1, 0.15) is 17.3 Å². The van der Waals surface area contributed by atoms with Gasteiger partial charge in [-0.3, -0.25) is 14.5 Å². The molecule has 0 radical (unpaired) electrons.